The van der Waals surface area contributed by atoms with Crippen LogP contribution in [0.5, 0.6) is 0 Å². The number of carbonyl (C=O) groups is 1. The second-order valence-electron chi connectivity index (χ2n) is 7.43. The average molecular weight is 375 g/mol. The van der Waals surface area contributed by atoms with Crippen molar-refractivity contribution in [1.82, 2.24) is 5.32 Å². The Morgan fingerprint density at radius 3 is 2.69 bits per heavy atom. The molecule has 0 saturated carbocycles. The smallest absolute Gasteiger partial charge is 0.319 e. The number of hydrogen-bond acceptors (Lipinski definition) is 2. The van der Waals surface area contributed by atoms with Crippen molar-refractivity contribution in [1.29, 1.82) is 0 Å². The van der Waals surface area contributed by atoms with Crippen LogP contribution in [0.3, 0.4) is 0 Å². The third-order valence-electron chi connectivity index (χ3n) is 5.67. The first-order valence-corrected chi connectivity index (χ1v) is 9.76. The lowest BCUT2D eigenvalue weighted by Gasteiger charge is -2.45. The van der Waals surface area contributed by atoms with Crippen LogP contribution >= 0.6 is 11.6 Å². The van der Waals surface area contributed by atoms with Gasteiger partial charge in [0.2, 0.25) is 0 Å². The number of quaternary nitrogens is 1. The summed E-state index contributed by atoms with van der Waals surface area (Å²) in [6.45, 7) is 0.948. The predicted molar refractivity (Wildman–Crippen MR) is 101 cm³/mol. The maximum absolute atomic E-state index is 12.4. The minimum absolute atomic E-state index is 0.148. The van der Waals surface area contributed by atoms with Gasteiger partial charge >= 0.3 is 6.03 Å². The summed E-state index contributed by atoms with van der Waals surface area (Å²) in [6, 6.07) is 12.5. The van der Waals surface area contributed by atoms with Crippen molar-refractivity contribution in [2.75, 3.05) is 5.32 Å². The lowest BCUT2D eigenvalue weighted by Crippen LogP contribution is -3.20. The average Bonchev–Trinajstić information content (AvgIpc) is 3.08. The number of nitrogens with one attached hydrogen (secondary N) is 3. The molecule has 2 aliphatic rings. The van der Waals surface area contributed by atoms with E-state index < -0.39 is 0 Å². The van der Waals surface area contributed by atoms with Crippen molar-refractivity contribution >= 4 is 23.3 Å². The first-order chi connectivity index (χ1) is 12.7. The van der Waals surface area contributed by atoms with Gasteiger partial charge in [0.25, 0.3) is 0 Å². The number of carbonyl (C=O) groups excluding carboxylic acids is 1. The van der Waals surface area contributed by atoms with E-state index >= 15 is 0 Å². The molecule has 3 N–H and O–H groups in total. The Bertz CT molecular complexity index is 735. The number of piperidine rings is 2. The van der Waals surface area contributed by atoms with Gasteiger partial charge in [-0.1, -0.05) is 17.7 Å². The van der Waals surface area contributed by atoms with Crippen LogP contribution in [-0.4, -0.2) is 24.2 Å². The van der Waals surface area contributed by atoms with E-state index in [9.17, 15) is 4.79 Å². The monoisotopic (exact) mass is 374 g/mol. The molecule has 2 bridgehead atoms. The normalized spacial score (nSPS) is 27.7. The van der Waals surface area contributed by atoms with Gasteiger partial charge in [0.05, 0.1) is 18.3 Å². The first kappa shape index (κ1) is 17.4. The Kier molecular flexibility index (Phi) is 5.18. The fraction of sp³-hybridized carbons (Fsp3) is 0.450. The molecule has 0 aliphatic carbocycles. The molecule has 6 heteroatoms. The molecule has 0 spiro atoms. The zero-order chi connectivity index (χ0) is 17.9. The van der Waals surface area contributed by atoms with Crippen LogP contribution in [0.2, 0.25) is 5.02 Å². The van der Waals surface area contributed by atoms with Crippen LogP contribution in [0.4, 0.5) is 10.5 Å². The second-order valence-corrected chi connectivity index (χ2v) is 7.87. The van der Waals surface area contributed by atoms with E-state index in [4.69, 9.17) is 16.0 Å². The Labute approximate surface area is 158 Å². The van der Waals surface area contributed by atoms with Crippen LogP contribution in [0.25, 0.3) is 0 Å². The molecule has 2 aromatic rings. The fourth-order valence-electron chi connectivity index (χ4n) is 4.58. The molecule has 2 fully saturated rings. The highest BCUT2D eigenvalue weighted by molar-refractivity contribution is 6.30. The Morgan fingerprint density at radius 2 is 2.00 bits per heavy atom. The van der Waals surface area contributed by atoms with Crippen molar-refractivity contribution in [3.63, 3.8) is 0 Å². The van der Waals surface area contributed by atoms with E-state index in [0.717, 1.165) is 30.8 Å². The molecule has 2 amide bonds. The highest BCUT2D eigenvalue weighted by atomic mass is 35.5. The molecule has 1 aromatic carbocycles. The van der Waals surface area contributed by atoms with Crippen molar-refractivity contribution in [3.05, 3.63) is 53.4 Å². The second kappa shape index (κ2) is 7.72. The van der Waals surface area contributed by atoms with E-state index in [-0.39, 0.29) is 12.1 Å². The number of halogens is 1. The number of amides is 2. The van der Waals surface area contributed by atoms with Gasteiger partial charge in [0.1, 0.15) is 6.54 Å². The predicted octanol–water partition coefficient (Wildman–Crippen LogP) is 3.22. The zero-order valence-corrected chi connectivity index (χ0v) is 15.5. The molecule has 3 heterocycles. The Balaban J connectivity index is 1.35. The van der Waals surface area contributed by atoms with E-state index in [2.05, 4.69) is 16.7 Å². The molecule has 4 rings (SSSR count). The van der Waals surface area contributed by atoms with Crippen LogP contribution in [0, 0.1) is 0 Å². The van der Waals surface area contributed by atoms with E-state index in [1.54, 1.807) is 23.3 Å². The number of fused-ring (bicyclic) bond motifs is 2. The van der Waals surface area contributed by atoms with Crippen LogP contribution in [-0.2, 0) is 6.54 Å². The molecule has 2 atom stereocenters. The van der Waals surface area contributed by atoms with E-state index in [0.29, 0.717) is 17.1 Å². The van der Waals surface area contributed by atoms with Gasteiger partial charge in [-0.05, 0) is 49.6 Å². The molecule has 1 aromatic heterocycles. The summed E-state index contributed by atoms with van der Waals surface area (Å²) < 4.78 is 5.56. The maximum Gasteiger partial charge on any atom is 0.319 e. The minimum Gasteiger partial charge on any atom is -0.463 e. The van der Waals surface area contributed by atoms with Crippen LogP contribution in [0.1, 0.15) is 37.9 Å². The summed E-state index contributed by atoms with van der Waals surface area (Å²) in [5.41, 5.74) is 0.719. The molecule has 2 saturated heterocycles. The summed E-state index contributed by atoms with van der Waals surface area (Å²) in [4.78, 5) is 14.0. The van der Waals surface area contributed by atoms with Gasteiger partial charge in [-0.25, -0.2) is 4.79 Å². The third kappa shape index (κ3) is 4.05. The summed E-state index contributed by atoms with van der Waals surface area (Å²) in [5, 5.41) is 6.67. The highest BCUT2D eigenvalue weighted by Crippen LogP contribution is 2.23. The summed E-state index contributed by atoms with van der Waals surface area (Å²) in [6.07, 6.45) is 7.53. The number of furan rings is 1. The van der Waals surface area contributed by atoms with Gasteiger partial charge in [-0.2, -0.15) is 0 Å². The van der Waals surface area contributed by atoms with Gasteiger partial charge < -0.3 is 20.0 Å². The number of urea groups is 1. The van der Waals surface area contributed by atoms with Crippen LogP contribution in [0.15, 0.2) is 47.1 Å². The molecule has 0 radical (unpaired) electrons. The number of benzene rings is 1. The standard InChI is InChI=1S/C20H24ClN3O2/c21-14-4-1-5-15(10-14)22-20(25)23-16-11-17-6-2-7-18(12-16)24(17)13-19-8-3-9-26-19/h1,3-5,8-10,16-18H,2,6-7,11-13H2,(H2,22,23,25)/p+1/t17-,18-/m1/s1. The van der Waals surface area contributed by atoms with Gasteiger partial charge in [0, 0.05) is 29.6 Å². The quantitative estimate of drug-likeness (QED) is 0.769. The van der Waals surface area contributed by atoms with Gasteiger partial charge in [-0.3, -0.25) is 0 Å². The van der Waals surface area contributed by atoms with Gasteiger partial charge in [0.15, 0.2) is 5.76 Å². The number of anilines is 1. The fourth-order valence-corrected chi connectivity index (χ4v) is 4.77. The Hall–Kier alpha value is -1.98. The largest absolute Gasteiger partial charge is 0.463 e. The number of rotatable bonds is 4. The maximum atomic E-state index is 12.4. The topological polar surface area (TPSA) is 58.7 Å². The highest BCUT2D eigenvalue weighted by Gasteiger charge is 2.42. The molecule has 5 nitrogen and oxygen atoms in total. The lowest BCUT2D eigenvalue weighted by atomic mass is 9.81. The lowest BCUT2D eigenvalue weighted by molar-refractivity contribution is -0.974. The number of hydrogen-bond donors (Lipinski definition) is 3. The van der Waals surface area contributed by atoms with E-state index in [1.807, 2.05) is 18.2 Å². The van der Waals surface area contributed by atoms with Crippen LogP contribution < -0.4 is 15.5 Å². The zero-order valence-electron chi connectivity index (χ0n) is 14.7. The Morgan fingerprint density at radius 1 is 1.19 bits per heavy atom. The SMILES string of the molecule is O=C(Nc1cccc(Cl)c1)NC1C[C@H]2CCC[C@H](C1)[NH+]2Cc1ccco1. The molecule has 2 aliphatic heterocycles. The van der Waals surface area contributed by atoms with Crippen molar-refractivity contribution in [3.8, 4) is 0 Å². The molecule has 138 valence electrons. The molecule has 0 unspecified atom stereocenters. The van der Waals surface area contributed by atoms with Crippen molar-refractivity contribution in [2.45, 2.75) is 56.8 Å². The molecular weight excluding hydrogens is 350 g/mol. The summed E-state index contributed by atoms with van der Waals surface area (Å²) in [7, 11) is 0. The molecule has 26 heavy (non-hydrogen) atoms. The summed E-state index contributed by atoms with van der Waals surface area (Å²) in [5.74, 6) is 1.06. The van der Waals surface area contributed by atoms with Crippen molar-refractivity contribution in [2.24, 2.45) is 0 Å². The molecular formula is C20H25ClN3O2+. The first-order valence-electron chi connectivity index (χ1n) is 9.38. The van der Waals surface area contributed by atoms with Crippen molar-refractivity contribution < 1.29 is 14.1 Å². The van der Waals surface area contributed by atoms with E-state index in [1.165, 1.54) is 19.3 Å². The summed E-state index contributed by atoms with van der Waals surface area (Å²) >= 11 is 5.98. The third-order valence-corrected chi connectivity index (χ3v) is 5.90. The van der Waals surface area contributed by atoms with Gasteiger partial charge in [-0.15, -0.1) is 0 Å². The minimum atomic E-state index is -0.148.